The number of anilines is 2. The molecule has 7 nitrogen and oxygen atoms in total. The van der Waals surface area contributed by atoms with E-state index in [1.807, 2.05) is 43.3 Å². The molecule has 1 aromatic heterocycles. The van der Waals surface area contributed by atoms with Crippen molar-refractivity contribution in [1.82, 2.24) is 15.3 Å². The monoisotopic (exact) mass is 473 g/mol. The first-order valence-corrected chi connectivity index (χ1v) is 11.1. The Morgan fingerprint density at radius 3 is 2.41 bits per heavy atom. The van der Waals surface area contributed by atoms with E-state index < -0.39 is 18.0 Å². The van der Waals surface area contributed by atoms with E-state index in [1.54, 1.807) is 0 Å². The van der Waals surface area contributed by atoms with Gasteiger partial charge in [-0.3, -0.25) is 4.79 Å². The topological polar surface area (TPSA) is 79.4 Å². The molecule has 1 fully saturated rings. The van der Waals surface area contributed by atoms with Crippen molar-refractivity contribution in [2.24, 2.45) is 0 Å². The molecule has 3 aromatic rings. The Hall–Kier alpha value is -3.56. The Morgan fingerprint density at radius 2 is 1.71 bits per heavy atom. The number of nitrogens with zero attached hydrogens (tertiary/aromatic N) is 3. The number of para-hydroxylation sites is 1. The van der Waals surface area contributed by atoms with E-state index in [0.717, 1.165) is 54.5 Å². The highest BCUT2D eigenvalue weighted by atomic mass is 19.4. The van der Waals surface area contributed by atoms with Gasteiger partial charge in [0.15, 0.2) is 0 Å². The highest BCUT2D eigenvalue weighted by Crippen LogP contribution is 2.27. The lowest BCUT2D eigenvalue weighted by atomic mass is 9.91. The van der Waals surface area contributed by atoms with Crippen molar-refractivity contribution in [2.75, 3.05) is 24.3 Å². The smallest absolute Gasteiger partial charge is 0.406 e. The molecule has 0 saturated heterocycles. The number of alkyl halides is 3. The van der Waals surface area contributed by atoms with Crippen LogP contribution in [0.15, 0.2) is 48.5 Å². The first-order valence-electron chi connectivity index (χ1n) is 11.1. The Labute approximate surface area is 195 Å². The summed E-state index contributed by atoms with van der Waals surface area (Å²) >= 11 is 0. The van der Waals surface area contributed by atoms with E-state index in [2.05, 4.69) is 25.3 Å². The molecule has 180 valence electrons. The highest BCUT2D eigenvalue weighted by molar-refractivity contribution is 5.94. The summed E-state index contributed by atoms with van der Waals surface area (Å²) in [5.41, 5.74) is 0.990. The molecule has 0 atom stereocenters. The standard InChI is InChI=1S/C24H26F3N5O2/c1-32(2)21-19-8-3-4-9-20(19)30-23(31-21)29-17-12-10-16(11-13-17)28-22(33)15-6-5-7-18(14-15)34-24(25,26)27/h3-9,14,16-17H,10-13H2,1-2H3,(H,28,33)(H,29,30,31). The highest BCUT2D eigenvalue weighted by Gasteiger charge is 2.31. The van der Waals surface area contributed by atoms with Gasteiger partial charge in [0.25, 0.3) is 5.91 Å². The van der Waals surface area contributed by atoms with E-state index >= 15 is 0 Å². The Balaban J connectivity index is 1.34. The normalized spacial score (nSPS) is 18.4. The molecule has 10 heteroatoms. The van der Waals surface area contributed by atoms with E-state index in [-0.39, 0.29) is 17.6 Å². The third-order valence-electron chi connectivity index (χ3n) is 5.73. The Kier molecular flexibility index (Phi) is 6.76. The second-order valence-electron chi connectivity index (χ2n) is 8.52. The predicted molar refractivity (Wildman–Crippen MR) is 124 cm³/mol. The van der Waals surface area contributed by atoms with Crippen molar-refractivity contribution >= 4 is 28.6 Å². The molecular weight excluding hydrogens is 447 g/mol. The molecule has 34 heavy (non-hydrogen) atoms. The molecule has 0 spiro atoms. The first-order chi connectivity index (χ1) is 16.2. The summed E-state index contributed by atoms with van der Waals surface area (Å²) in [5.74, 6) is 0.570. The van der Waals surface area contributed by atoms with E-state index in [1.165, 1.54) is 12.1 Å². The van der Waals surface area contributed by atoms with Crippen LogP contribution in [-0.2, 0) is 0 Å². The maximum absolute atomic E-state index is 12.5. The Morgan fingerprint density at radius 1 is 1.00 bits per heavy atom. The van der Waals surface area contributed by atoms with Crippen molar-refractivity contribution in [1.29, 1.82) is 0 Å². The van der Waals surface area contributed by atoms with Crippen LogP contribution in [0.1, 0.15) is 36.0 Å². The van der Waals surface area contributed by atoms with Gasteiger partial charge in [0.05, 0.1) is 5.52 Å². The maximum atomic E-state index is 12.5. The molecule has 1 heterocycles. The zero-order chi connectivity index (χ0) is 24.3. The molecule has 0 radical (unpaired) electrons. The van der Waals surface area contributed by atoms with Gasteiger partial charge in [0, 0.05) is 37.1 Å². The minimum Gasteiger partial charge on any atom is -0.406 e. The van der Waals surface area contributed by atoms with Crippen LogP contribution in [0.3, 0.4) is 0 Å². The molecule has 0 aliphatic heterocycles. The zero-order valence-electron chi connectivity index (χ0n) is 18.9. The quantitative estimate of drug-likeness (QED) is 0.538. The largest absolute Gasteiger partial charge is 0.573 e. The summed E-state index contributed by atoms with van der Waals surface area (Å²) in [6.07, 6.45) is -1.74. The lowest BCUT2D eigenvalue weighted by molar-refractivity contribution is -0.274. The summed E-state index contributed by atoms with van der Waals surface area (Å²) in [7, 11) is 3.88. The third kappa shape index (κ3) is 5.86. The van der Waals surface area contributed by atoms with Gasteiger partial charge < -0.3 is 20.3 Å². The number of carbonyl (C=O) groups excluding carboxylic acids is 1. The minimum atomic E-state index is -4.80. The average Bonchev–Trinajstić information content (AvgIpc) is 2.79. The number of hydrogen-bond acceptors (Lipinski definition) is 6. The van der Waals surface area contributed by atoms with Crippen LogP contribution in [0.4, 0.5) is 24.9 Å². The summed E-state index contributed by atoms with van der Waals surface area (Å²) < 4.78 is 41.2. The molecule has 4 rings (SSSR count). The molecule has 1 amide bonds. The zero-order valence-corrected chi connectivity index (χ0v) is 18.9. The number of rotatable bonds is 6. The second-order valence-corrected chi connectivity index (χ2v) is 8.52. The third-order valence-corrected chi connectivity index (χ3v) is 5.73. The van der Waals surface area contributed by atoms with Crippen LogP contribution in [0.2, 0.25) is 0 Å². The fourth-order valence-electron chi connectivity index (χ4n) is 4.13. The molecule has 1 saturated carbocycles. The van der Waals surface area contributed by atoms with Crippen molar-refractivity contribution in [2.45, 2.75) is 44.1 Å². The van der Waals surface area contributed by atoms with Crippen LogP contribution in [0, 0.1) is 0 Å². The van der Waals surface area contributed by atoms with Gasteiger partial charge in [0.1, 0.15) is 11.6 Å². The number of benzene rings is 2. The van der Waals surface area contributed by atoms with Crippen LogP contribution >= 0.6 is 0 Å². The summed E-state index contributed by atoms with van der Waals surface area (Å²) in [6.45, 7) is 0. The molecule has 2 N–H and O–H groups in total. The van der Waals surface area contributed by atoms with Gasteiger partial charge in [0.2, 0.25) is 5.95 Å². The number of carbonyl (C=O) groups is 1. The number of hydrogen-bond donors (Lipinski definition) is 2. The van der Waals surface area contributed by atoms with Crippen LogP contribution in [0.25, 0.3) is 10.9 Å². The number of halogens is 3. The van der Waals surface area contributed by atoms with E-state index in [0.29, 0.717) is 5.95 Å². The second kappa shape index (κ2) is 9.74. The molecule has 1 aliphatic rings. The lowest BCUT2D eigenvalue weighted by Crippen LogP contribution is -2.40. The number of amides is 1. The van der Waals surface area contributed by atoms with Gasteiger partial charge in [-0.1, -0.05) is 18.2 Å². The van der Waals surface area contributed by atoms with Gasteiger partial charge in [-0.2, -0.15) is 4.98 Å². The molecule has 0 unspecified atom stereocenters. The van der Waals surface area contributed by atoms with Crippen LogP contribution in [-0.4, -0.2) is 48.4 Å². The van der Waals surface area contributed by atoms with Crippen molar-refractivity contribution in [3.8, 4) is 5.75 Å². The SMILES string of the molecule is CN(C)c1nc(NC2CCC(NC(=O)c3cccc(OC(F)(F)F)c3)CC2)nc2ccccc12. The van der Waals surface area contributed by atoms with E-state index in [4.69, 9.17) is 0 Å². The van der Waals surface area contributed by atoms with Crippen molar-refractivity contribution in [3.63, 3.8) is 0 Å². The molecule has 1 aliphatic carbocycles. The van der Waals surface area contributed by atoms with E-state index in [9.17, 15) is 18.0 Å². The maximum Gasteiger partial charge on any atom is 0.573 e. The number of nitrogens with one attached hydrogen (secondary N) is 2. The molecule has 2 aromatic carbocycles. The minimum absolute atomic E-state index is 0.0624. The van der Waals surface area contributed by atoms with Crippen LogP contribution < -0.4 is 20.3 Å². The summed E-state index contributed by atoms with van der Waals surface area (Å²) in [6, 6.07) is 13.0. The average molecular weight is 473 g/mol. The predicted octanol–water partition coefficient (Wildman–Crippen LogP) is 4.75. The number of fused-ring (bicyclic) bond motifs is 1. The number of aromatic nitrogens is 2. The fourth-order valence-corrected chi connectivity index (χ4v) is 4.13. The summed E-state index contributed by atoms with van der Waals surface area (Å²) in [5, 5.41) is 7.32. The number of ether oxygens (including phenoxy) is 1. The Bertz CT molecular complexity index is 1160. The fraction of sp³-hybridized carbons (Fsp3) is 0.375. The van der Waals surface area contributed by atoms with Gasteiger partial charge >= 0.3 is 6.36 Å². The summed E-state index contributed by atoms with van der Waals surface area (Å²) in [4.78, 5) is 23.8. The van der Waals surface area contributed by atoms with Gasteiger partial charge in [-0.25, -0.2) is 4.98 Å². The van der Waals surface area contributed by atoms with Crippen LogP contribution in [0.5, 0.6) is 5.75 Å². The molecule has 0 bridgehead atoms. The van der Waals surface area contributed by atoms with Crippen molar-refractivity contribution < 1.29 is 22.7 Å². The van der Waals surface area contributed by atoms with Gasteiger partial charge in [-0.05, 0) is 56.0 Å². The van der Waals surface area contributed by atoms with Crippen molar-refractivity contribution in [3.05, 3.63) is 54.1 Å². The molecular formula is C24H26F3N5O2. The van der Waals surface area contributed by atoms with Gasteiger partial charge in [-0.15, -0.1) is 13.2 Å². The lowest BCUT2D eigenvalue weighted by Gasteiger charge is -2.30. The first kappa shape index (κ1) is 23.6.